The molecule has 1 aromatic carbocycles. The summed E-state index contributed by atoms with van der Waals surface area (Å²) in [6, 6.07) is 5.22. The van der Waals surface area contributed by atoms with Crippen molar-refractivity contribution in [3.05, 3.63) is 34.4 Å². The van der Waals surface area contributed by atoms with E-state index in [1.807, 2.05) is 0 Å². The van der Waals surface area contributed by atoms with Gasteiger partial charge in [-0.1, -0.05) is 12.1 Å². The van der Waals surface area contributed by atoms with Crippen molar-refractivity contribution < 1.29 is 22.9 Å². The molecule has 9 nitrogen and oxygen atoms in total. The summed E-state index contributed by atoms with van der Waals surface area (Å²) in [4.78, 5) is 23.0. The molecular formula is C13H17N3O6S. The summed E-state index contributed by atoms with van der Waals surface area (Å²) in [5.74, 6) is 0. The Bertz CT molecular complexity index is 697. The molecule has 10 heteroatoms. The van der Waals surface area contributed by atoms with E-state index in [1.54, 1.807) is 6.92 Å². The second-order valence-electron chi connectivity index (χ2n) is 4.81. The maximum absolute atomic E-state index is 12.6. The van der Waals surface area contributed by atoms with Crippen LogP contribution in [0.4, 0.5) is 10.5 Å². The van der Waals surface area contributed by atoms with E-state index in [0.717, 1.165) is 10.4 Å². The lowest BCUT2D eigenvalue weighted by atomic mass is 10.3. The Labute approximate surface area is 133 Å². The first-order valence-corrected chi connectivity index (χ1v) is 8.47. The van der Waals surface area contributed by atoms with Crippen molar-refractivity contribution in [2.24, 2.45) is 0 Å². The first-order valence-electron chi connectivity index (χ1n) is 7.03. The first-order chi connectivity index (χ1) is 10.9. The van der Waals surface area contributed by atoms with E-state index in [-0.39, 0.29) is 37.7 Å². The van der Waals surface area contributed by atoms with Gasteiger partial charge in [-0.25, -0.2) is 13.2 Å². The molecule has 0 bridgehead atoms. The van der Waals surface area contributed by atoms with Gasteiger partial charge in [-0.3, -0.25) is 10.1 Å². The van der Waals surface area contributed by atoms with Crippen molar-refractivity contribution in [2.45, 2.75) is 11.8 Å². The van der Waals surface area contributed by atoms with Crippen LogP contribution >= 0.6 is 0 Å². The third kappa shape index (κ3) is 3.59. The number of nitro groups is 1. The number of sulfonamides is 1. The molecule has 1 amide bonds. The zero-order valence-electron chi connectivity index (χ0n) is 12.5. The van der Waals surface area contributed by atoms with Gasteiger partial charge in [-0.15, -0.1) is 0 Å². The minimum Gasteiger partial charge on any atom is -0.450 e. The van der Waals surface area contributed by atoms with Crippen molar-refractivity contribution in [3.63, 3.8) is 0 Å². The van der Waals surface area contributed by atoms with Gasteiger partial charge in [0.2, 0.25) is 10.0 Å². The smallest absolute Gasteiger partial charge is 0.409 e. The largest absolute Gasteiger partial charge is 0.450 e. The minimum absolute atomic E-state index is 0.0627. The number of hydrogen-bond donors (Lipinski definition) is 0. The molecule has 1 aliphatic heterocycles. The maximum atomic E-state index is 12.6. The summed E-state index contributed by atoms with van der Waals surface area (Å²) in [5.41, 5.74) is -0.458. The number of para-hydroxylation sites is 1. The molecule has 1 aromatic rings. The molecule has 1 aliphatic rings. The van der Waals surface area contributed by atoms with Crippen molar-refractivity contribution >= 4 is 21.8 Å². The van der Waals surface area contributed by atoms with Crippen LogP contribution in [-0.4, -0.2) is 61.4 Å². The standard InChI is InChI=1S/C13H17N3O6S/c1-2-22-13(17)14-7-9-15(10-8-14)23(20,21)12-6-4-3-5-11(12)16(18)19/h3-6H,2,7-10H2,1H3. The zero-order valence-corrected chi connectivity index (χ0v) is 13.4. The van der Waals surface area contributed by atoms with Crippen molar-refractivity contribution in [3.8, 4) is 0 Å². The highest BCUT2D eigenvalue weighted by Crippen LogP contribution is 2.26. The SMILES string of the molecule is CCOC(=O)N1CCN(S(=O)(=O)c2ccccc2[N+](=O)[O-])CC1. The number of nitro benzene ring substituents is 1. The molecule has 1 fully saturated rings. The van der Waals surface area contributed by atoms with Crippen molar-refractivity contribution in [2.75, 3.05) is 32.8 Å². The molecule has 1 saturated heterocycles. The van der Waals surface area contributed by atoms with Gasteiger partial charge in [0, 0.05) is 32.2 Å². The summed E-state index contributed by atoms with van der Waals surface area (Å²) in [5, 5.41) is 11.0. The summed E-state index contributed by atoms with van der Waals surface area (Å²) in [7, 11) is -3.99. The Balaban J connectivity index is 2.17. The highest BCUT2D eigenvalue weighted by molar-refractivity contribution is 7.89. The second kappa shape index (κ2) is 6.92. The third-order valence-corrected chi connectivity index (χ3v) is 5.39. The predicted molar refractivity (Wildman–Crippen MR) is 80.5 cm³/mol. The van der Waals surface area contributed by atoms with Gasteiger partial charge in [-0.05, 0) is 13.0 Å². The van der Waals surface area contributed by atoms with Gasteiger partial charge >= 0.3 is 6.09 Å². The number of nitrogens with zero attached hydrogens (tertiary/aromatic N) is 3. The van der Waals surface area contributed by atoms with Gasteiger partial charge in [0.1, 0.15) is 0 Å². The highest BCUT2D eigenvalue weighted by Gasteiger charge is 2.34. The van der Waals surface area contributed by atoms with Crippen LogP contribution in [0.25, 0.3) is 0 Å². The summed E-state index contributed by atoms with van der Waals surface area (Å²) in [6.07, 6.45) is -0.491. The van der Waals surface area contributed by atoms with Gasteiger partial charge in [0.15, 0.2) is 4.90 Å². The van der Waals surface area contributed by atoms with Crippen LogP contribution in [0.5, 0.6) is 0 Å². The fraction of sp³-hybridized carbons (Fsp3) is 0.462. The Morgan fingerprint density at radius 1 is 1.26 bits per heavy atom. The van der Waals surface area contributed by atoms with E-state index in [4.69, 9.17) is 4.74 Å². The topological polar surface area (TPSA) is 110 Å². The maximum Gasteiger partial charge on any atom is 0.409 e. The Morgan fingerprint density at radius 3 is 2.43 bits per heavy atom. The van der Waals surface area contributed by atoms with Crippen LogP contribution in [0.15, 0.2) is 29.2 Å². The lowest BCUT2D eigenvalue weighted by Gasteiger charge is -2.33. The molecule has 2 rings (SSSR count). The molecule has 0 radical (unpaired) electrons. The zero-order chi connectivity index (χ0) is 17.0. The molecule has 1 heterocycles. The number of amides is 1. The Morgan fingerprint density at radius 2 is 1.87 bits per heavy atom. The molecule has 0 N–H and O–H groups in total. The number of piperazine rings is 1. The second-order valence-corrected chi connectivity index (χ2v) is 6.72. The molecule has 23 heavy (non-hydrogen) atoms. The lowest BCUT2D eigenvalue weighted by Crippen LogP contribution is -2.50. The number of benzene rings is 1. The number of hydrogen-bond acceptors (Lipinski definition) is 6. The van der Waals surface area contributed by atoms with Crippen LogP contribution in [-0.2, 0) is 14.8 Å². The van der Waals surface area contributed by atoms with Crippen molar-refractivity contribution in [1.82, 2.24) is 9.21 Å². The summed E-state index contributed by atoms with van der Waals surface area (Å²) in [6.45, 7) is 2.42. The van der Waals surface area contributed by atoms with E-state index in [9.17, 15) is 23.3 Å². The summed E-state index contributed by atoms with van der Waals surface area (Å²) >= 11 is 0. The Kier molecular flexibility index (Phi) is 5.16. The first kappa shape index (κ1) is 17.2. The van der Waals surface area contributed by atoms with Crippen LogP contribution in [0.2, 0.25) is 0 Å². The van der Waals surface area contributed by atoms with E-state index in [0.29, 0.717) is 0 Å². The van der Waals surface area contributed by atoms with Gasteiger partial charge in [0.25, 0.3) is 5.69 Å². The average molecular weight is 343 g/mol. The van der Waals surface area contributed by atoms with Gasteiger partial charge in [0.05, 0.1) is 11.5 Å². The molecule has 0 unspecified atom stereocenters. The number of ether oxygens (including phenoxy) is 1. The lowest BCUT2D eigenvalue weighted by molar-refractivity contribution is -0.387. The van der Waals surface area contributed by atoms with Crippen LogP contribution < -0.4 is 0 Å². The monoisotopic (exact) mass is 343 g/mol. The molecule has 0 aliphatic carbocycles. The predicted octanol–water partition coefficient (Wildman–Crippen LogP) is 1.06. The number of rotatable bonds is 4. The number of carbonyl (C=O) groups excluding carboxylic acids is 1. The van der Waals surface area contributed by atoms with Gasteiger partial charge in [-0.2, -0.15) is 4.31 Å². The van der Waals surface area contributed by atoms with Crippen LogP contribution in [0, 0.1) is 10.1 Å². The van der Waals surface area contributed by atoms with Crippen molar-refractivity contribution in [1.29, 1.82) is 0 Å². The van der Waals surface area contributed by atoms with E-state index in [2.05, 4.69) is 0 Å². The normalized spacial score (nSPS) is 16.1. The average Bonchev–Trinajstić information content (AvgIpc) is 2.55. The van der Waals surface area contributed by atoms with Crippen LogP contribution in [0.3, 0.4) is 0 Å². The molecule has 0 atom stereocenters. The summed E-state index contributed by atoms with van der Waals surface area (Å²) < 4.78 is 31.2. The fourth-order valence-electron chi connectivity index (χ4n) is 2.29. The number of carbonyl (C=O) groups is 1. The van der Waals surface area contributed by atoms with E-state index >= 15 is 0 Å². The molecule has 0 saturated carbocycles. The van der Waals surface area contributed by atoms with Crippen LogP contribution in [0.1, 0.15) is 6.92 Å². The highest BCUT2D eigenvalue weighted by atomic mass is 32.2. The molecule has 126 valence electrons. The van der Waals surface area contributed by atoms with Gasteiger partial charge < -0.3 is 9.64 Å². The van der Waals surface area contributed by atoms with E-state index in [1.165, 1.54) is 23.1 Å². The Hall–Kier alpha value is -2.20. The molecule has 0 spiro atoms. The fourth-order valence-corrected chi connectivity index (χ4v) is 3.87. The minimum atomic E-state index is -3.99. The molecular weight excluding hydrogens is 326 g/mol. The third-order valence-electron chi connectivity index (χ3n) is 3.44. The quantitative estimate of drug-likeness (QED) is 0.597. The van der Waals surface area contributed by atoms with E-state index < -0.39 is 26.7 Å². The molecule has 0 aromatic heterocycles.